The topological polar surface area (TPSA) is 28.7 Å². The van der Waals surface area contributed by atoms with Crippen LogP contribution in [0, 0.1) is 0 Å². The highest BCUT2D eigenvalue weighted by Gasteiger charge is 2.27. The molecule has 0 spiro atoms. The second-order valence-electron chi connectivity index (χ2n) is 11.1. The molecule has 1 atom stereocenters. The first-order valence-electron chi connectivity index (χ1n) is 14.7. The monoisotopic (exact) mass is 550 g/mol. The fraction of sp³-hybridized carbons (Fsp3) is 0.0250. The van der Waals surface area contributed by atoms with Gasteiger partial charge in [0.2, 0.25) is 0 Å². The first-order chi connectivity index (χ1) is 21.3. The number of hydrogen-bond donors (Lipinski definition) is 0. The van der Waals surface area contributed by atoms with Gasteiger partial charge in [0, 0.05) is 27.7 Å². The maximum absolute atomic E-state index is 6.09. The van der Waals surface area contributed by atoms with Crippen LogP contribution in [0.5, 0.6) is 0 Å². The van der Waals surface area contributed by atoms with Crippen molar-refractivity contribution in [3.8, 4) is 0 Å². The predicted molar refractivity (Wildman–Crippen MR) is 179 cm³/mol. The molecule has 0 bridgehead atoms. The molecule has 9 rings (SSSR count). The first-order valence-corrected chi connectivity index (χ1v) is 14.7. The van der Waals surface area contributed by atoms with Crippen LogP contribution in [0.2, 0.25) is 0 Å². The summed E-state index contributed by atoms with van der Waals surface area (Å²) in [6.07, 6.45) is 1.87. The normalized spacial score (nSPS) is 14.2. The number of hydrogen-bond acceptors (Lipinski definition) is 3. The van der Waals surface area contributed by atoms with Gasteiger partial charge in [0.05, 0.1) is 11.9 Å². The molecule has 0 saturated carbocycles. The average Bonchev–Trinajstić information content (AvgIpc) is 3.65. The molecule has 3 heteroatoms. The molecule has 1 unspecified atom stereocenters. The van der Waals surface area contributed by atoms with Crippen LogP contribution in [0.4, 0.5) is 17.1 Å². The fourth-order valence-electron chi connectivity index (χ4n) is 6.77. The molecule has 43 heavy (non-hydrogen) atoms. The molecule has 1 aliphatic rings. The molecular weight excluding hydrogens is 524 g/mol. The van der Waals surface area contributed by atoms with Crippen molar-refractivity contribution in [3.05, 3.63) is 162 Å². The smallest absolute Gasteiger partial charge is 0.151 e. The Hall–Kier alpha value is -5.67. The first kappa shape index (κ1) is 24.0. The Kier molecular flexibility index (Phi) is 5.26. The van der Waals surface area contributed by atoms with E-state index in [1.54, 1.807) is 0 Å². The Morgan fingerprint density at radius 1 is 0.512 bits per heavy atom. The van der Waals surface area contributed by atoms with Crippen molar-refractivity contribution in [2.75, 3.05) is 4.90 Å². The lowest BCUT2D eigenvalue weighted by molar-refractivity contribution is 0.605. The third-order valence-corrected chi connectivity index (χ3v) is 8.74. The zero-order valence-corrected chi connectivity index (χ0v) is 23.3. The number of nitrogens with zero attached hydrogens (tertiary/aromatic N) is 2. The number of para-hydroxylation sites is 2. The van der Waals surface area contributed by atoms with Gasteiger partial charge in [-0.25, -0.2) is 0 Å². The van der Waals surface area contributed by atoms with E-state index in [1.807, 2.05) is 18.3 Å². The van der Waals surface area contributed by atoms with Crippen LogP contribution in [0.25, 0.3) is 43.3 Å². The van der Waals surface area contributed by atoms with E-state index in [0.29, 0.717) is 0 Å². The standard InChI is InChI=1S/C40H26N2O/c1-2-11-28(12-3-1)42(29-21-18-27(19-22-29)40-39-34-16-8-9-17-37(34)43-38(39)25-41-40)36-24-35-30-13-5-4-10-26(30)20-23-32(35)31-14-6-7-15-33(31)36/h1-25,40H. The van der Waals surface area contributed by atoms with Gasteiger partial charge in [0.1, 0.15) is 11.6 Å². The summed E-state index contributed by atoms with van der Waals surface area (Å²) in [5.41, 5.74) is 6.57. The van der Waals surface area contributed by atoms with Crippen molar-refractivity contribution in [1.29, 1.82) is 0 Å². The molecule has 8 aromatic rings. The highest BCUT2D eigenvalue weighted by Crippen LogP contribution is 2.45. The zero-order chi connectivity index (χ0) is 28.3. The fourth-order valence-corrected chi connectivity index (χ4v) is 6.77. The van der Waals surface area contributed by atoms with Gasteiger partial charge in [0.15, 0.2) is 5.76 Å². The minimum atomic E-state index is -0.0780. The Morgan fingerprint density at radius 3 is 2.00 bits per heavy atom. The van der Waals surface area contributed by atoms with Gasteiger partial charge in [0.25, 0.3) is 0 Å². The maximum Gasteiger partial charge on any atom is 0.151 e. The molecule has 7 aromatic carbocycles. The summed E-state index contributed by atoms with van der Waals surface area (Å²) in [4.78, 5) is 7.23. The average molecular weight is 551 g/mol. The molecule has 0 amide bonds. The van der Waals surface area contributed by atoms with Crippen molar-refractivity contribution in [2.45, 2.75) is 6.04 Å². The summed E-state index contributed by atoms with van der Waals surface area (Å²) < 4.78 is 6.09. The van der Waals surface area contributed by atoms with Gasteiger partial charge in [-0.05, 0) is 68.9 Å². The van der Waals surface area contributed by atoms with Crippen molar-refractivity contribution in [3.63, 3.8) is 0 Å². The minimum absolute atomic E-state index is 0.0780. The molecule has 1 aliphatic heterocycles. The largest absolute Gasteiger partial charge is 0.455 e. The van der Waals surface area contributed by atoms with Gasteiger partial charge in [-0.2, -0.15) is 0 Å². The second kappa shape index (κ2) is 9.43. The SMILES string of the molecule is C1=NC(c2ccc(N(c3ccccc3)c3cc4c5ccccc5ccc4c4ccccc34)cc2)c2c1oc1ccccc21. The van der Waals surface area contributed by atoms with Crippen LogP contribution >= 0.6 is 0 Å². The molecule has 0 radical (unpaired) electrons. The predicted octanol–water partition coefficient (Wildman–Crippen LogP) is 10.9. The molecule has 0 N–H and O–H groups in total. The summed E-state index contributed by atoms with van der Waals surface area (Å²) in [5, 5.41) is 8.62. The number of fused-ring (bicyclic) bond motifs is 8. The molecule has 0 saturated heterocycles. The van der Waals surface area contributed by atoms with Crippen LogP contribution < -0.4 is 4.90 Å². The highest BCUT2D eigenvalue weighted by molar-refractivity contribution is 6.21. The van der Waals surface area contributed by atoms with Crippen molar-refractivity contribution in [1.82, 2.24) is 0 Å². The maximum atomic E-state index is 6.09. The van der Waals surface area contributed by atoms with Crippen LogP contribution in [-0.2, 0) is 0 Å². The van der Waals surface area contributed by atoms with E-state index in [1.165, 1.54) is 32.3 Å². The van der Waals surface area contributed by atoms with Crippen molar-refractivity contribution in [2.24, 2.45) is 4.99 Å². The number of benzene rings is 7. The van der Waals surface area contributed by atoms with Gasteiger partial charge < -0.3 is 9.32 Å². The number of anilines is 3. The van der Waals surface area contributed by atoms with Crippen LogP contribution in [0.3, 0.4) is 0 Å². The summed E-state index contributed by atoms with van der Waals surface area (Å²) in [7, 11) is 0. The molecule has 0 fully saturated rings. The summed E-state index contributed by atoms with van der Waals surface area (Å²) in [5.74, 6) is 0.857. The minimum Gasteiger partial charge on any atom is -0.455 e. The van der Waals surface area contributed by atoms with E-state index < -0.39 is 0 Å². The van der Waals surface area contributed by atoms with Crippen molar-refractivity contribution < 1.29 is 4.42 Å². The molecule has 1 aromatic heterocycles. The zero-order valence-electron chi connectivity index (χ0n) is 23.3. The summed E-state index contributed by atoms with van der Waals surface area (Å²) in [6, 6.07) is 51.9. The summed E-state index contributed by atoms with van der Waals surface area (Å²) in [6.45, 7) is 0. The van der Waals surface area contributed by atoms with Crippen molar-refractivity contribution >= 4 is 66.6 Å². The second-order valence-corrected chi connectivity index (χ2v) is 11.1. The third-order valence-electron chi connectivity index (χ3n) is 8.74. The van der Waals surface area contributed by atoms with Crippen LogP contribution in [0.1, 0.15) is 22.9 Å². The lowest BCUT2D eigenvalue weighted by Crippen LogP contribution is -2.11. The van der Waals surface area contributed by atoms with E-state index in [0.717, 1.165) is 44.9 Å². The van der Waals surface area contributed by atoms with Gasteiger partial charge in [-0.1, -0.05) is 109 Å². The number of aliphatic imine (C=N–C) groups is 1. The van der Waals surface area contributed by atoms with Crippen LogP contribution in [-0.4, -0.2) is 6.21 Å². The molecule has 3 nitrogen and oxygen atoms in total. The Bertz CT molecular complexity index is 2350. The van der Waals surface area contributed by atoms with Crippen LogP contribution in [0.15, 0.2) is 155 Å². The highest BCUT2D eigenvalue weighted by atomic mass is 16.3. The molecule has 0 aliphatic carbocycles. The van der Waals surface area contributed by atoms with E-state index >= 15 is 0 Å². The van der Waals surface area contributed by atoms with E-state index in [4.69, 9.17) is 9.41 Å². The molecule has 202 valence electrons. The number of furan rings is 1. The Morgan fingerprint density at radius 2 is 1.16 bits per heavy atom. The van der Waals surface area contributed by atoms with Gasteiger partial charge in [-0.15, -0.1) is 0 Å². The molecule has 2 heterocycles. The Labute approximate surface area is 249 Å². The lowest BCUT2D eigenvalue weighted by Gasteiger charge is -2.28. The lowest BCUT2D eigenvalue weighted by atomic mass is 9.95. The summed E-state index contributed by atoms with van der Waals surface area (Å²) >= 11 is 0. The van der Waals surface area contributed by atoms with E-state index in [-0.39, 0.29) is 6.04 Å². The quantitative estimate of drug-likeness (QED) is 0.204. The van der Waals surface area contributed by atoms with Gasteiger partial charge >= 0.3 is 0 Å². The van der Waals surface area contributed by atoms with E-state index in [2.05, 4.69) is 138 Å². The van der Waals surface area contributed by atoms with E-state index in [9.17, 15) is 0 Å². The molecular formula is C40H26N2O. The number of rotatable bonds is 4. The van der Waals surface area contributed by atoms with Gasteiger partial charge in [-0.3, -0.25) is 4.99 Å². The Balaban J connectivity index is 1.24. The third kappa shape index (κ3) is 3.72.